The van der Waals surface area contributed by atoms with E-state index in [1.165, 1.54) is 0 Å². The van der Waals surface area contributed by atoms with Gasteiger partial charge in [0.1, 0.15) is 0 Å². The molecule has 84 valence electrons. The Labute approximate surface area is 84.0 Å². The third-order valence-corrected chi connectivity index (χ3v) is 1.96. The molecular weight excluding hydrogens is 211 g/mol. The Morgan fingerprint density at radius 3 is 2.27 bits per heavy atom. The van der Waals surface area contributed by atoms with Gasteiger partial charge in [-0.3, -0.25) is 0 Å². The second-order valence-corrected chi connectivity index (χ2v) is 3.00. The molecule has 0 aliphatic rings. The second kappa shape index (κ2) is 3.98. The van der Waals surface area contributed by atoms with Crippen molar-refractivity contribution in [1.29, 1.82) is 0 Å². The van der Waals surface area contributed by atoms with Gasteiger partial charge in [-0.1, -0.05) is 0 Å². The molecule has 4 N–H and O–H groups in total. The molecular formula is C9H10F3NO2. The van der Waals surface area contributed by atoms with Crippen LogP contribution in [0.4, 0.5) is 13.2 Å². The predicted molar refractivity (Wildman–Crippen MR) is 47.5 cm³/mol. The van der Waals surface area contributed by atoms with E-state index in [0.717, 1.165) is 12.1 Å². The van der Waals surface area contributed by atoms with Gasteiger partial charge in [-0.15, -0.1) is 0 Å². The Bertz CT molecular complexity index is 363. The maximum absolute atomic E-state index is 12.4. The zero-order chi connectivity index (χ0) is 11.6. The number of phenols is 2. The van der Waals surface area contributed by atoms with Gasteiger partial charge in [0.25, 0.3) is 0 Å². The molecule has 15 heavy (non-hydrogen) atoms. The highest BCUT2D eigenvalue weighted by Gasteiger charge is 2.34. The summed E-state index contributed by atoms with van der Waals surface area (Å²) in [6.45, 7) is -0.0416. The van der Waals surface area contributed by atoms with Crippen LogP contribution in [0, 0.1) is 0 Å². The summed E-state index contributed by atoms with van der Waals surface area (Å²) in [6.07, 6.45) is -4.70. The number of rotatable bonds is 2. The van der Waals surface area contributed by atoms with E-state index < -0.39 is 23.2 Å². The Hall–Kier alpha value is -1.43. The van der Waals surface area contributed by atoms with Crippen LogP contribution in [0.15, 0.2) is 12.1 Å². The summed E-state index contributed by atoms with van der Waals surface area (Å²) in [5, 5.41) is 18.3. The molecule has 0 aliphatic heterocycles. The normalized spacial score (nSPS) is 11.7. The van der Waals surface area contributed by atoms with Crippen LogP contribution in [0.1, 0.15) is 11.1 Å². The molecule has 0 fully saturated rings. The molecule has 0 unspecified atom stereocenters. The van der Waals surface area contributed by atoms with Gasteiger partial charge in [-0.2, -0.15) is 13.2 Å². The highest BCUT2D eigenvalue weighted by Crippen LogP contribution is 2.39. The Morgan fingerprint density at radius 1 is 1.20 bits per heavy atom. The fourth-order valence-corrected chi connectivity index (χ4v) is 1.29. The first-order valence-corrected chi connectivity index (χ1v) is 4.19. The van der Waals surface area contributed by atoms with Crippen LogP contribution in [-0.4, -0.2) is 16.8 Å². The van der Waals surface area contributed by atoms with Crippen LogP contribution in [0.5, 0.6) is 11.5 Å². The minimum absolute atomic E-state index is 0.0416. The van der Waals surface area contributed by atoms with Crippen LogP contribution in [0.3, 0.4) is 0 Å². The zero-order valence-electron chi connectivity index (χ0n) is 7.67. The van der Waals surface area contributed by atoms with Crippen molar-refractivity contribution in [1.82, 2.24) is 0 Å². The first kappa shape index (κ1) is 11.6. The summed E-state index contributed by atoms with van der Waals surface area (Å²) in [4.78, 5) is 0. The molecule has 1 aromatic rings. The highest BCUT2D eigenvalue weighted by molar-refractivity contribution is 5.50. The van der Waals surface area contributed by atoms with E-state index in [9.17, 15) is 18.3 Å². The average Bonchev–Trinajstić information content (AvgIpc) is 2.11. The minimum Gasteiger partial charge on any atom is -0.504 e. The lowest BCUT2D eigenvalue weighted by atomic mass is 10.0. The fraction of sp³-hybridized carbons (Fsp3) is 0.333. The molecule has 0 bridgehead atoms. The van der Waals surface area contributed by atoms with Gasteiger partial charge in [-0.25, -0.2) is 0 Å². The van der Waals surface area contributed by atoms with Gasteiger partial charge in [0.2, 0.25) is 0 Å². The third kappa shape index (κ3) is 2.33. The van der Waals surface area contributed by atoms with Crippen molar-refractivity contribution >= 4 is 0 Å². The monoisotopic (exact) mass is 221 g/mol. The van der Waals surface area contributed by atoms with Crippen LogP contribution < -0.4 is 5.73 Å². The standard InChI is InChI=1S/C9H10F3NO2/c10-9(11,12)6-1-2-7(14)8(15)5(6)3-4-13/h1-2,14-15H,3-4,13H2. The van der Waals surface area contributed by atoms with Gasteiger partial charge in [0.15, 0.2) is 11.5 Å². The fourth-order valence-electron chi connectivity index (χ4n) is 1.29. The molecule has 0 amide bonds. The number of nitrogens with two attached hydrogens (primary N) is 1. The molecule has 0 spiro atoms. The Balaban J connectivity index is 3.33. The summed E-state index contributed by atoms with van der Waals surface area (Å²) >= 11 is 0. The number of aromatic hydroxyl groups is 2. The number of halogens is 3. The van der Waals surface area contributed by atoms with E-state index in [-0.39, 0.29) is 18.5 Å². The molecule has 1 aromatic carbocycles. The average molecular weight is 221 g/mol. The van der Waals surface area contributed by atoms with Crippen molar-refractivity contribution < 1.29 is 23.4 Å². The summed E-state index contributed by atoms with van der Waals surface area (Å²) in [6, 6.07) is 1.53. The zero-order valence-corrected chi connectivity index (χ0v) is 7.67. The summed E-state index contributed by atoms with van der Waals surface area (Å²) in [5.74, 6) is -1.33. The number of phenolic OH excluding ortho intramolecular Hbond substituents is 2. The minimum atomic E-state index is -4.56. The molecule has 0 saturated heterocycles. The van der Waals surface area contributed by atoms with Crippen molar-refractivity contribution in [3.63, 3.8) is 0 Å². The highest BCUT2D eigenvalue weighted by atomic mass is 19.4. The summed E-state index contributed by atoms with van der Waals surface area (Å²) in [7, 11) is 0. The lowest BCUT2D eigenvalue weighted by Gasteiger charge is -2.14. The Kier molecular flexibility index (Phi) is 3.09. The van der Waals surface area contributed by atoms with Crippen LogP contribution in [0.2, 0.25) is 0 Å². The molecule has 0 aliphatic carbocycles. The second-order valence-electron chi connectivity index (χ2n) is 3.00. The molecule has 0 saturated carbocycles. The molecule has 3 nitrogen and oxygen atoms in total. The van der Waals surface area contributed by atoms with Gasteiger partial charge < -0.3 is 15.9 Å². The topological polar surface area (TPSA) is 66.5 Å². The van der Waals surface area contributed by atoms with Crippen LogP contribution >= 0.6 is 0 Å². The van der Waals surface area contributed by atoms with Crippen LogP contribution in [-0.2, 0) is 12.6 Å². The van der Waals surface area contributed by atoms with Crippen molar-refractivity contribution in [3.8, 4) is 11.5 Å². The first-order valence-electron chi connectivity index (χ1n) is 4.19. The van der Waals surface area contributed by atoms with E-state index >= 15 is 0 Å². The predicted octanol–water partition coefficient (Wildman–Crippen LogP) is 1.62. The van der Waals surface area contributed by atoms with Crippen molar-refractivity contribution in [3.05, 3.63) is 23.3 Å². The van der Waals surface area contributed by atoms with Gasteiger partial charge in [0, 0.05) is 5.56 Å². The van der Waals surface area contributed by atoms with E-state index in [4.69, 9.17) is 10.8 Å². The van der Waals surface area contributed by atoms with Crippen molar-refractivity contribution in [2.45, 2.75) is 12.6 Å². The SMILES string of the molecule is NCCc1c(C(F)(F)F)ccc(O)c1O. The van der Waals surface area contributed by atoms with Gasteiger partial charge >= 0.3 is 6.18 Å². The number of hydrogen-bond donors (Lipinski definition) is 3. The van der Waals surface area contributed by atoms with E-state index in [1.807, 2.05) is 0 Å². The quantitative estimate of drug-likeness (QED) is 0.665. The van der Waals surface area contributed by atoms with E-state index in [2.05, 4.69) is 0 Å². The number of benzene rings is 1. The number of hydrogen-bond acceptors (Lipinski definition) is 3. The maximum Gasteiger partial charge on any atom is 0.416 e. The molecule has 0 aromatic heterocycles. The lowest BCUT2D eigenvalue weighted by molar-refractivity contribution is -0.138. The third-order valence-electron chi connectivity index (χ3n) is 1.96. The molecule has 0 atom stereocenters. The van der Waals surface area contributed by atoms with E-state index in [0.29, 0.717) is 0 Å². The van der Waals surface area contributed by atoms with Gasteiger partial charge in [0.05, 0.1) is 5.56 Å². The van der Waals surface area contributed by atoms with Crippen molar-refractivity contribution in [2.75, 3.05) is 6.54 Å². The first-order chi connectivity index (χ1) is 6.88. The lowest BCUT2D eigenvalue weighted by Crippen LogP contribution is -2.12. The molecule has 0 heterocycles. The van der Waals surface area contributed by atoms with Crippen LogP contribution in [0.25, 0.3) is 0 Å². The Morgan fingerprint density at radius 2 is 1.80 bits per heavy atom. The molecule has 0 radical (unpaired) electrons. The van der Waals surface area contributed by atoms with E-state index in [1.54, 1.807) is 0 Å². The maximum atomic E-state index is 12.4. The molecule has 1 rings (SSSR count). The molecule has 6 heteroatoms. The summed E-state index contributed by atoms with van der Waals surface area (Å²) < 4.78 is 37.3. The largest absolute Gasteiger partial charge is 0.504 e. The number of alkyl halides is 3. The van der Waals surface area contributed by atoms with Crippen molar-refractivity contribution in [2.24, 2.45) is 5.73 Å². The van der Waals surface area contributed by atoms with Gasteiger partial charge in [-0.05, 0) is 25.1 Å². The smallest absolute Gasteiger partial charge is 0.416 e. The summed E-state index contributed by atoms with van der Waals surface area (Å²) in [5.41, 5.74) is 3.79.